The van der Waals surface area contributed by atoms with Crippen molar-refractivity contribution in [1.29, 1.82) is 0 Å². The molecule has 0 heterocycles. The Kier molecular flexibility index (Phi) is 17.2. The van der Waals surface area contributed by atoms with Gasteiger partial charge in [-0.2, -0.15) is 0 Å². The molecule has 1 aliphatic carbocycles. The first kappa shape index (κ1) is 35.9. The van der Waals surface area contributed by atoms with Gasteiger partial charge in [0.15, 0.2) is 0 Å². The molecule has 3 N–H and O–H groups in total. The van der Waals surface area contributed by atoms with Gasteiger partial charge in [-0.3, -0.25) is 14.4 Å². The van der Waals surface area contributed by atoms with E-state index in [1.54, 1.807) is 24.3 Å². The summed E-state index contributed by atoms with van der Waals surface area (Å²) in [4.78, 5) is 51.3. The van der Waals surface area contributed by atoms with Gasteiger partial charge in [-0.05, 0) is 61.5 Å². The fourth-order valence-electron chi connectivity index (χ4n) is 5.47. The second-order valence-corrected chi connectivity index (χ2v) is 11.2. The number of hydrogen-bond donors (Lipinski definition) is 3. The molecule has 4 atom stereocenters. The average Bonchev–Trinajstić information content (AvgIpc) is 3.25. The zero-order valence-electron chi connectivity index (χ0n) is 25.3. The molecule has 43 heavy (non-hydrogen) atoms. The Morgan fingerprint density at radius 2 is 1.65 bits per heavy atom. The number of nitrogens with one attached hydrogen (secondary N) is 1. The van der Waals surface area contributed by atoms with Gasteiger partial charge < -0.3 is 25.1 Å². The van der Waals surface area contributed by atoms with Crippen LogP contribution in [0.1, 0.15) is 102 Å². The van der Waals surface area contributed by atoms with Crippen LogP contribution in [0, 0.1) is 22.0 Å². The molecule has 0 bridgehead atoms. The molecule has 0 aliphatic heterocycles. The van der Waals surface area contributed by atoms with Gasteiger partial charge in [0.25, 0.3) is 5.09 Å². The standard InChI is InChI=1S/C32H48N2O9/c1-2-3-4-5-8-15-26(35)18-19-28-27(29(36)20-30(28)37)16-9-6-7-10-17-31(38)33-21-32(39)42-22-24-13-11-12-14-25(24)23-43-34(40)41/h6,9,11-14,27-30,36-37H,2-5,7-8,10,15-23H2,1H3,(H,33,38)/b9-6-/t27-,28-,29+,30-/m1/s1. The number of amides is 1. The monoisotopic (exact) mass is 604 g/mol. The maximum Gasteiger partial charge on any atom is 0.325 e. The average molecular weight is 605 g/mol. The van der Waals surface area contributed by atoms with Crippen LogP contribution in [0.2, 0.25) is 0 Å². The van der Waals surface area contributed by atoms with Crippen LogP contribution in [-0.4, -0.2) is 51.7 Å². The van der Waals surface area contributed by atoms with Crippen LogP contribution in [0.15, 0.2) is 36.4 Å². The van der Waals surface area contributed by atoms with E-state index in [9.17, 15) is 34.7 Å². The summed E-state index contributed by atoms with van der Waals surface area (Å²) in [5.74, 6) is -0.868. The lowest BCUT2D eigenvalue weighted by Crippen LogP contribution is -2.30. The number of allylic oxidation sites excluding steroid dienone is 2. The molecule has 1 saturated carbocycles. The van der Waals surface area contributed by atoms with Gasteiger partial charge in [0.1, 0.15) is 25.5 Å². The molecule has 240 valence electrons. The fourth-order valence-corrected chi connectivity index (χ4v) is 5.47. The van der Waals surface area contributed by atoms with Crippen molar-refractivity contribution < 1.29 is 39.3 Å². The number of benzene rings is 1. The van der Waals surface area contributed by atoms with Crippen LogP contribution in [0.4, 0.5) is 0 Å². The third kappa shape index (κ3) is 14.6. The molecule has 11 nitrogen and oxygen atoms in total. The first-order valence-corrected chi connectivity index (χ1v) is 15.5. The minimum absolute atomic E-state index is 0.0922. The summed E-state index contributed by atoms with van der Waals surface area (Å²) in [6, 6.07) is 6.72. The SMILES string of the molecule is CCCCCCCC(=O)CC[C@@H]1[C@@H](C/C=C\CCCC(=O)NCC(=O)OCc2ccccc2CO[N+](=O)[O-])[C@@H](O)C[C@H]1O. The van der Waals surface area contributed by atoms with Gasteiger partial charge in [0.05, 0.1) is 12.2 Å². The molecule has 2 rings (SSSR count). The lowest BCUT2D eigenvalue weighted by molar-refractivity contribution is -0.763. The number of unbranched alkanes of at least 4 members (excludes halogenated alkanes) is 5. The van der Waals surface area contributed by atoms with Crippen LogP contribution in [0.5, 0.6) is 0 Å². The van der Waals surface area contributed by atoms with Gasteiger partial charge in [0.2, 0.25) is 5.91 Å². The van der Waals surface area contributed by atoms with Crippen molar-refractivity contribution in [1.82, 2.24) is 5.32 Å². The van der Waals surface area contributed by atoms with Gasteiger partial charge in [-0.15, -0.1) is 10.1 Å². The minimum atomic E-state index is -0.891. The lowest BCUT2D eigenvalue weighted by atomic mass is 9.86. The van der Waals surface area contributed by atoms with E-state index in [4.69, 9.17) is 4.74 Å². The molecular weight excluding hydrogens is 556 g/mol. The third-order valence-corrected chi connectivity index (χ3v) is 7.95. The first-order chi connectivity index (χ1) is 20.7. The number of esters is 1. The first-order valence-electron chi connectivity index (χ1n) is 15.5. The Labute approximate surface area is 254 Å². The second-order valence-electron chi connectivity index (χ2n) is 11.2. The van der Waals surface area contributed by atoms with Crippen LogP contribution in [0.25, 0.3) is 0 Å². The Morgan fingerprint density at radius 3 is 2.37 bits per heavy atom. The van der Waals surface area contributed by atoms with Gasteiger partial charge in [-0.25, -0.2) is 0 Å². The quantitative estimate of drug-likeness (QED) is 0.0557. The van der Waals surface area contributed by atoms with Crippen LogP contribution < -0.4 is 5.32 Å². The number of nitrogens with zero attached hydrogens (tertiary/aromatic N) is 1. The van der Waals surface area contributed by atoms with Crippen molar-refractivity contribution in [3.05, 3.63) is 57.7 Å². The minimum Gasteiger partial charge on any atom is -0.459 e. The van der Waals surface area contributed by atoms with E-state index in [-0.39, 0.29) is 49.7 Å². The van der Waals surface area contributed by atoms with E-state index >= 15 is 0 Å². The predicted molar refractivity (Wildman–Crippen MR) is 160 cm³/mol. The molecule has 0 aromatic heterocycles. The topological polar surface area (TPSA) is 165 Å². The molecule has 11 heteroatoms. The molecule has 0 spiro atoms. The van der Waals surface area contributed by atoms with Crippen molar-refractivity contribution >= 4 is 17.7 Å². The van der Waals surface area contributed by atoms with Crippen LogP contribution in [0.3, 0.4) is 0 Å². The highest BCUT2D eigenvalue weighted by molar-refractivity contribution is 5.81. The summed E-state index contributed by atoms with van der Waals surface area (Å²) in [6.45, 7) is 1.53. The number of hydrogen-bond acceptors (Lipinski definition) is 9. The summed E-state index contributed by atoms with van der Waals surface area (Å²) in [6.07, 6.45) is 12.3. The highest BCUT2D eigenvalue weighted by atomic mass is 16.9. The van der Waals surface area contributed by atoms with Gasteiger partial charge in [-0.1, -0.05) is 69.0 Å². The Hall–Kier alpha value is -3.31. The number of ether oxygens (including phenoxy) is 1. The molecule has 1 aliphatic rings. The molecular formula is C32H48N2O9. The van der Waals surface area contributed by atoms with Crippen LogP contribution >= 0.6 is 0 Å². The molecule has 1 amide bonds. The number of ketones is 1. The van der Waals surface area contributed by atoms with Gasteiger partial charge in [0, 0.05) is 19.3 Å². The van der Waals surface area contributed by atoms with Crippen molar-refractivity contribution in [3.8, 4) is 0 Å². The summed E-state index contributed by atoms with van der Waals surface area (Å²) in [5.41, 5.74) is 1.10. The number of aliphatic hydroxyl groups excluding tert-OH is 2. The van der Waals surface area contributed by atoms with Gasteiger partial charge >= 0.3 is 5.97 Å². The molecule has 0 unspecified atom stereocenters. The van der Waals surface area contributed by atoms with Crippen LogP contribution in [-0.2, 0) is 37.2 Å². The van der Waals surface area contributed by atoms with Crippen molar-refractivity contribution in [2.24, 2.45) is 11.8 Å². The molecule has 1 aromatic rings. The van der Waals surface area contributed by atoms with E-state index in [0.717, 1.165) is 19.3 Å². The van der Waals surface area contributed by atoms with E-state index < -0.39 is 23.3 Å². The number of rotatable bonds is 22. The van der Waals surface area contributed by atoms with Crippen molar-refractivity contribution in [2.75, 3.05) is 6.54 Å². The van der Waals surface area contributed by atoms with Crippen molar-refractivity contribution in [2.45, 2.75) is 116 Å². The predicted octanol–water partition coefficient (Wildman–Crippen LogP) is 4.74. The number of aliphatic hydroxyl groups is 2. The third-order valence-electron chi connectivity index (χ3n) is 7.95. The maximum absolute atomic E-state index is 12.3. The normalized spacial score (nSPS) is 19.8. The van der Waals surface area contributed by atoms with E-state index in [2.05, 4.69) is 17.1 Å². The number of carbonyl (C=O) groups is 3. The largest absolute Gasteiger partial charge is 0.459 e. The summed E-state index contributed by atoms with van der Waals surface area (Å²) < 4.78 is 5.17. The zero-order valence-corrected chi connectivity index (χ0v) is 25.3. The lowest BCUT2D eigenvalue weighted by Gasteiger charge is -2.22. The Bertz CT molecular complexity index is 1050. The molecule has 0 radical (unpaired) electrons. The Balaban J connectivity index is 1.62. The number of carbonyl (C=O) groups excluding carboxylic acids is 3. The number of Topliss-reactive ketones (excluding diaryl/α,β-unsaturated/α-hetero) is 1. The highest BCUT2D eigenvalue weighted by Crippen LogP contribution is 2.38. The summed E-state index contributed by atoms with van der Waals surface area (Å²) in [7, 11) is 0. The smallest absolute Gasteiger partial charge is 0.325 e. The zero-order chi connectivity index (χ0) is 31.5. The highest BCUT2D eigenvalue weighted by Gasteiger charge is 2.40. The van der Waals surface area contributed by atoms with E-state index in [1.807, 2.05) is 12.2 Å². The van der Waals surface area contributed by atoms with E-state index in [0.29, 0.717) is 56.1 Å². The van der Waals surface area contributed by atoms with E-state index in [1.165, 1.54) is 12.8 Å². The summed E-state index contributed by atoms with van der Waals surface area (Å²) >= 11 is 0. The molecule has 0 saturated heterocycles. The molecule has 1 aromatic carbocycles. The Morgan fingerprint density at radius 1 is 0.953 bits per heavy atom. The van der Waals surface area contributed by atoms with Crippen molar-refractivity contribution in [3.63, 3.8) is 0 Å². The summed E-state index contributed by atoms with van der Waals surface area (Å²) in [5, 5.41) is 33.0. The second kappa shape index (κ2) is 20.6. The maximum atomic E-state index is 12.3. The molecule has 1 fully saturated rings. The fraction of sp³-hybridized carbons (Fsp3) is 0.656.